The van der Waals surface area contributed by atoms with Gasteiger partial charge in [-0.25, -0.2) is 4.90 Å². The molecule has 5 rings (SSSR count). The van der Waals surface area contributed by atoms with Crippen LogP contribution in [0.3, 0.4) is 0 Å². The molecule has 0 radical (unpaired) electrons. The zero-order valence-electron chi connectivity index (χ0n) is 15.1. The predicted molar refractivity (Wildman–Crippen MR) is 114 cm³/mol. The summed E-state index contributed by atoms with van der Waals surface area (Å²) in [6.45, 7) is 0. The van der Waals surface area contributed by atoms with Gasteiger partial charge >= 0.3 is 0 Å². The standard InChI is InChI=1S/C22H14N4O2.ClH/c27-21-15-11-12-23-13-17(15)22(28)26(21)20-8-4-1-5-14(20)9-10-19-16-6-2-3-7-18(16)24-25-19;/h1-13H,(H,24,25);1H/b10-9+;. The molecule has 0 saturated carbocycles. The zero-order valence-corrected chi connectivity index (χ0v) is 15.9. The Balaban J connectivity index is 0.00000205. The van der Waals surface area contributed by atoms with Crippen molar-refractivity contribution in [3.8, 4) is 0 Å². The molecular weight excluding hydrogens is 388 g/mol. The number of carbonyl (C=O) groups excluding carboxylic acids is 2. The van der Waals surface area contributed by atoms with E-state index >= 15 is 0 Å². The van der Waals surface area contributed by atoms with Crippen LogP contribution in [0.1, 0.15) is 32.0 Å². The summed E-state index contributed by atoms with van der Waals surface area (Å²) in [5, 5.41) is 8.33. The number of amides is 2. The first-order valence-corrected chi connectivity index (χ1v) is 8.77. The van der Waals surface area contributed by atoms with Crippen LogP contribution < -0.4 is 4.90 Å². The summed E-state index contributed by atoms with van der Waals surface area (Å²) in [6.07, 6.45) is 6.68. The molecule has 1 aliphatic heterocycles. The van der Waals surface area contributed by atoms with Gasteiger partial charge in [0.2, 0.25) is 0 Å². The van der Waals surface area contributed by atoms with Crippen molar-refractivity contribution in [3.05, 3.63) is 89.4 Å². The molecule has 3 heterocycles. The lowest BCUT2D eigenvalue weighted by molar-refractivity contribution is 0.0926. The Labute approximate surface area is 172 Å². The van der Waals surface area contributed by atoms with Gasteiger partial charge in [-0.2, -0.15) is 5.10 Å². The molecule has 4 aromatic rings. The number of benzene rings is 2. The number of pyridine rings is 1. The fraction of sp³-hybridized carbons (Fsp3) is 0. The van der Waals surface area contributed by atoms with Gasteiger partial charge in [0.25, 0.3) is 11.8 Å². The molecule has 142 valence electrons. The highest BCUT2D eigenvalue weighted by molar-refractivity contribution is 6.34. The first-order chi connectivity index (χ1) is 13.7. The first-order valence-electron chi connectivity index (χ1n) is 8.77. The monoisotopic (exact) mass is 402 g/mol. The summed E-state index contributed by atoms with van der Waals surface area (Å²) in [5.74, 6) is -0.701. The van der Waals surface area contributed by atoms with Crippen LogP contribution in [0.4, 0.5) is 5.69 Å². The van der Waals surface area contributed by atoms with E-state index in [1.165, 1.54) is 17.3 Å². The Morgan fingerprint density at radius 1 is 0.862 bits per heavy atom. The number of H-pyrrole nitrogens is 1. The van der Waals surface area contributed by atoms with Gasteiger partial charge in [0.15, 0.2) is 0 Å². The fourth-order valence-corrected chi connectivity index (χ4v) is 3.42. The van der Waals surface area contributed by atoms with Crippen LogP contribution in [-0.4, -0.2) is 27.0 Å². The molecule has 0 atom stereocenters. The van der Waals surface area contributed by atoms with Crippen molar-refractivity contribution in [1.29, 1.82) is 0 Å². The van der Waals surface area contributed by atoms with Crippen molar-refractivity contribution < 1.29 is 9.59 Å². The lowest BCUT2D eigenvalue weighted by atomic mass is 10.1. The van der Waals surface area contributed by atoms with E-state index in [1.54, 1.807) is 18.2 Å². The van der Waals surface area contributed by atoms with Crippen molar-refractivity contribution in [2.24, 2.45) is 0 Å². The maximum atomic E-state index is 12.8. The highest BCUT2D eigenvalue weighted by Gasteiger charge is 2.37. The highest BCUT2D eigenvalue weighted by atomic mass is 35.5. The van der Waals surface area contributed by atoms with Gasteiger partial charge in [-0.3, -0.25) is 19.7 Å². The van der Waals surface area contributed by atoms with Crippen molar-refractivity contribution in [1.82, 2.24) is 15.2 Å². The van der Waals surface area contributed by atoms with Crippen LogP contribution in [0.2, 0.25) is 0 Å². The van der Waals surface area contributed by atoms with Crippen LogP contribution in [0.25, 0.3) is 23.1 Å². The number of para-hydroxylation sites is 2. The molecule has 0 bridgehead atoms. The lowest BCUT2D eigenvalue weighted by Crippen LogP contribution is -2.29. The number of nitrogens with one attached hydrogen (secondary N) is 1. The predicted octanol–water partition coefficient (Wildman–Crippen LogP) is 4.35. The number of carbonyl (C=O) groups is 2. The van der Waals surface area contributed by atoms with Gasteiger partial charge in [-0.05, 0) is 29.8 Å². The van der Waals surface area contributed by atoms with Gasteiger partial charge in [0, 0.05) is 17.8 Å². The van der Waals surface area contributed by atoms with Crippen LogP contribution in [0.15, 0.2) is 67.0 Å². The van der Waals surface area contributed by atoms with Gasteiger partial charge in [-0.15, -0.1) is 12.4 Å². The minimum Gasteiger partial charge on any atom is -0.277 e. The summed E-state index contributed by atoms with van der Waals surface area (Å²) >= 11 is 0. The van der Waals surface area contributed by atoms with Crippen LogP contribution in [0, 0.1) is 0 Å². The molecule has 6 nitrogen and oxygen atoms in total. The van der Waals surface area contributed by atoms with E-state index in [1.807, 2.05) is 48.6 Å². The molecule has 0 aliphatic carbocycles. The number of nitrogens with zero attached hydrogens (tertiary/aromatic N) is 3. The maximum Gasteiger partial charge on any atom is 0.267 e. The Morgan fingerprint density at radius 2 is 1.62 bits per heavy atom. The number of anilines is 1. The number of imide groups is 1. The smallest absolute Gasteiger partial charge is 0.267 e. The summed E-state index contributed by atoms with van der Waals surface area (Å²) in [7, 11) is 0. The Kier molecular flexibility index (Phi) is 4.70. The lowest BCUT2D eigenvalue weighted by Gasteiger charge is -2.16. The van der Waals surface area contributed by atoms with E-state index in [2.05, 4.69) is 15.2 Å². The molecule has 2 aromatic heterocycles. The van der Waals surface area contributed by atoms with E-state index in [-0.39, 0.29) is 24.2 Å². The van der Waals surface area contributed by atoms with Gasteiger partial charge < -0.3 is 0 Å². The van der Waals surface area contributed by atoms with Gasteiger partial charge in [0.05, 0.1) is 28.0 Å². The van der Waals surface area contributed by atoms with Crippen molar-refractivity contribution in [2.75, 3.05) is 4.90 Å². The third kappa shape index (κ3) is 2.99. The maximum absolute atomic E-state index is 12.8. The highest BCUT2D eigenvalue weighted by Crippen LogP contribution is 2.31. The van der Waals surface area contributed by atoms with Crippen LogP contribution in [-0.2, 0) is 0 Å². The van der Waals surface area contributed by atoms with E-state index < -0.39 is 0 Å². The summed E-state index contributed by atoms with van der Waals surface area (Å²) in [5.41, 5.74) is 3.71. The summed E-state index contributed by atoms with van der Waals surface area (Å²) in [6, 6.07) is 16.7. The van der Waals surface area contributed by atoms with E-state index in [0.717, 1.165) is 22.2 Å². The Bertz CT molecular complexity index is 1240. The average Bonchev–Trinajstić information content (AvgIpc) is 3.26. The third-order valence-electron chi connectivity index (χ3n) is 4.79. The molecule has 29 heavy (non-hydrogen) atoms. The second-order valence-corrected chi connectivity index (χ2v) is 6.41. The number of hydrogen-bond acceptors (Lipinski definition) is 4. The number of fused-ring (bicyclic) bond motifs is 2. The quantitative estimate of drug-likeness (QED) is 0.517. The molecule has 1 N–H and O–H groups in total. The second kappa shape index (κ2) is 7.33. The second-order valence-electron chi connectivity index (χ2n) is 6.41. The molecule has 1 aliphatic rings. The number of aromatic amines is 1. The topological polar surface area (TPSA) is 79.0 Å². The molecule has 0 spiro atoms. The van der Waals surface area contributed by atoms with Crippen molar-refractivity contribution in [3.63, 3.8) is 0 Å². The normalized spacial score (nSPS) is 13.2. The Hall–Kier alpha value is -3.77. The SMILES string of the molecule is Cl.O=C1c2ccncc2C(=O)N1c1ccccc1/C=C/c1n[nH]c2ccccc12. The van der Waals surface area contributed by atoms with E-state index in [4.69, 9.17) is 0 Å². The molecule has 2 aromatic carbocycles. The van der Waals surface area contributed by atoms with Gasteiger partial charge in [0.1, 0.15) is 0 Å². The molecule has 0 unspecified atom stereocenters. The van der Waals surface area contributed by atoms with Gasteiger partial charge in [-0.1, -0.05) is 42.5 Å². The number of hydrogen-bond donors (Lipinski definition) is 1. The summed E-state index contributed by atoms with van der Waals surface area (Å²) < 4.78 is 0. The molecule has 0 fully saturated rings. The minimum atomic E-state index is -0.362. The van der Waals surface area contributed by atoms with Crippen molar-refractivity contribution >= 4 is 53.0 Å². The fourth-order valence-electron chi connectivity index (χ4n) is 3.42. The molecule has 0 saturated heterocycles. The van der Waals surface area contributed by atoms with Crippen LogP contribution >= 0.6 is 12.4 Å². The molecule has 2 amide bonds. The number of halogens is 1. The third-order valence-corrected chi connectivity index (χ3v) is 4.79. The largest absolute Gasteiger partial charge is 0.277 e. The summed E-state index contributed by atoms with van der Waals surface area (Å²) in [4.78, 5) is 30.8. The zero-order chi connectivity index (χ0) is 19.1. The minimum absolute atomic E-state index is 0. The van der Waals surface area contributed by atoms with E-state index in [0.29, 0.717) is 16.8 Å². The molecular formula is C22H15ClN4O2. The number of aromatic nitrogens is 3. The van der Waals surface area contributed by atoms with Crippen LogP contribution in [0.5, 0.6) is 0 Å². The Morgan fingerprint density at radius 3 is 2.48 bits per heavy atom. The van der Waals surface area contributed by atoms with E-state index in [9.17, 15) is 9.59 Å². The number of rotatable bonds is 3. The van der Waals surface area contributed by atoms with Crippen molar-refractivity contribution in [2.45, 2.75) is 0 Å². The average molecular weight is 403 g/mol. The first kappa shape index (κ1) is 18.6. The molecule has 7 heteroatoms.